The fourth-order valence-electron chi connectivity index (χ4n) is 6.13. The van der Waals surface area contributed by atoms with Crippen LogP contribution in [-0.2, 0) is 21.8 Å². The molecule has 0 radical (unpaired) electrons. The second-order valence-electron chi connectivity index (χ2n) is 12.0. The maximum absolute atomic E-state index is 12.8. The molecule has 0 spiro atoms. The van der Waals surface area contributed by atoms with Gasteiger partial charge in [0.1, 0.15) is 31.3 Å². The quantitative estimate of drug-likeness (QED) is 0.210. The molecule has 244 valence electrons. The lowest BCUT2D eigenvalue weighted by Crippen LogP contribution is -2.46. The smallest absolute Gasteiger partial charge is 0.350 e. The van der Waals surface area contributed by atoms with Crippen LogP contribution in [0.15, 0.2) is 102 Å². The van der Waals surface area contributed by atoms with E-state index < -0.39 is 5.79 Å². The van der Waals surface area contributed by atoms with Gasteiger partial charge in [-0.15, -0.1) is 0 Å². The monoisotopic (exact) mass is 636 g/mol. The van der Waals surface area contributed by atoms with E-state index in [0.29, 0.717) is 19.8 Å². The number of hydrogen-bond donors (Lipinski definition) is 0. The molecule has 3 aromatic carbocycles. The number of benzene rings is 3. The number of rotatable bonds is 11. The maximum Gasteiger partial charge on any atom is 0.350 e. The Balaban J connectivity index is 0.913. The summed E-state index contributed by atoms with van der Waals surface area (Å²) in [5, 5.41) is 12.8. The van der Waals surface area contributed by atoms with Crippen molar-refractivity contribution >= 4 is 11.4 Å². The van der Waals surface area contributed by atoms with E-state index in [2.05, 4.69) is 56.3 Å². The van der Waals surface area contributed by atoms with Crippen LogP contribution in [0.1, 0.15) is 31.9 Å². The van der Waals surface area contributed by atoms with Crippen LogP contribution in [0.3, 0.4) is 0 Å². The Bertz CT molecular complexity index is 1780. The third-order valence-electron chi connectivity index (χ3n) is 9.00. The van der Waals surface area contributed by atoms with Crippen molar-refractivity contribution in [3.05, 3.63) is 114 Å². The van der Waals surface area contributed by atoms with Crippen LogP contribution >= 0.6 is 0 Å². The van der Waals surface area contributed by atoms with Crippen molar-refractivity contribution in [3.63, 3.8) is 0 Å². The first-order valence-electron chi connectivity index (χ1n) is 16.2. The molecule has 47 heavy (non-hydrogen) atoms. The van der Waals surface area contributed by atoms with E-state index in [1.54, 1.807) is 32.8 Å². The van der Waals surface area contributed by atoms with Crippen LogP contribution in [0.5, 0.6) is 5.75 Å². The highest BCUT2D eigenvalue weighted by atomic mass is 16.8. The first-order valence-corrected chi connectivity index (χ1v) is 16.2. The lowest BCUT2D eigenvalue weighted by atomic mass is 10.1. The normalized spacial score (nSPS) is 20.4. The predicted molar refractivity (Wildman–Crippen MR) is 178 cm³/mol. The lowest BCUT2D eigenvalue weighted by molar-refractivity contribution is -0.192. The molecule has 7 rings (SSSR count). The molecular weight excluding hydrogens is 596 g/mol. The Hall–Kier alpha value is -4.94. The van der Waals surface area contributed by atoms with Crippen molar-refractivity contribution in [3.8, 4) is 11.4 Å². The predicted octanol–water partition coefficient (Wildman–Crippen LogP) is 4.27. The standard InChI is InChI=1S/C35H40N8O4/c1-3-27(2)43-34(44)41(26-38-43)31-11-9-29(10-12-31)39-19-21-40(22-20-39)30-13-15-32(16-14-30)45-23-33-24-46-35(47-33,25-42-36-17-18-37-42)28-7-5-4-6-8-28/h4-18,26-27,33H,3,19-25H2,1-2H3/t27-,33+,35-/m0/s1. The largest absolute Gasteiger partial charge is 0.491 e. The van der Waals surface area contributed by atoms with E-state index in [0.717, 1.165) is 55.3 Å². The number of ether oxygens (including phenoxy) is 3. The van der Waals surface area contributed by atoms with Gasteiger partial charge in [-0.1, -0.05) is 37.3 Å². The van der Waals surface area contributed by atoms with Gasteiger partial charge < -0.3 is 24.0 Å². The molecule has 2 aliphatic rings. The third-order valence-corrected chi connectivity index (χ3v) is 9.00. The van der Waals surface area contributed by atoms with Crippen molar-refractivity contribution in [2.24, 2.45) is 0 Å². The highest BCUT2D eigenvalue weighted by molar-refractivity contribution is 5.54. The summed E-state index contributed by atoms with van der Waals surface area (Å²) in [6.07, 6.45) is 5.51. The summed E-state index contributed by atoms with van der Waals surface area (Å²) in [7, 11) is 0. The van der Waals surface area contributed by atoms with Gasteiger partial charge in [-0.05, 0) is 61.9 Å². The first-order chi connectivity index (χ1) is 23.0. The van der Waals surface area contributed by atoms with E-state index in [1.807, 2.05) is 61.5 Å². The van der Waals surface area contributed by atoms with Crippen molar-refractivity contribution in [1.82, 2.24) is 29.3 Å². The molecule has 0 N–H and O–H groups in total. The molecule has 0 amide bonds. The lowest BCUT2D eigenvalue weighted by Gasteiger charge is -2.37. The molecular formula is C35H40N8O4. The maximum atomic E-state index is 12.8. The zero-order valence-electron chi connectivity index (χ0n) is 26.8. The van der Waals surface area contributed by atoms with Crippen LogP contribution < -0.4 is 20.2 Å². The number of nitrogens with zero attached hydrogens (tertiary/aromatic N) is 8. The summed E-state index contributed by atoms with van der Waals surface area (Å²) < 4.78 is 22.0. The Labute approximate surface area is 273 Å². The van der Waals surface area contributed by atoms with Crippen molar-refractivity contribution in [2.45, 2.75) is 44.7 Å². The van der Waals surface area contributed by atoms with Crippen molar-refractivity contribution < 1.29 is 14.2 Å². The fourth-order valence-corrected chi connectivity index (χ4v) is 6.13. The van der Waals surface area contributed by atoms with E-state index in [4.69, 9.17) is 14.2 Å². The summed E-state index contributed by atoms with van der Waals surface area (Å²) >= 11 is 0. The second kappa shape index (κ2) is 13.4. The number of anilines is 2. The molecule has 2 saturated heterocycles. The molecule has 0 saturated carbocycles. The minimum Gasteiger partial charge on any atom is -0.491 e. The molecule has 12 heteroatoms. The van der Waals surface area contributed by atoms with Crippen LogP contribution in [0.2, 0.25) is 0 Å². The molecule has 0 bridgehead atoms. The molecule has 2 aromatic heterocycles. The SMILES string of the molecule is CC[C@H](C)n1ncn(-c2ccc(N3CCN(c4ccc(OC[C@@H]5CO[C@](Cn6nccn6)(c6ccccc6)O5)cc4)CC3)cc2)c1=O. The van der Waals surface area contributed by atoms with Crippen LogP contribution in [0.4, 0.5) is 11.4 Å². The Kier molecular flexibility index (Phi) is 8.77. The van der Waals surface area contributed by atoms with Gasteiger partial charge in [-0.2, -0.15) is 20.1 Å². The topological polar surface area (TPSA) is 105 Å². The number of hydrogen-bond acceptors (Lipinski definition) is 9. The molecule has 0 unspecified atom stereocenters. The summed E-state index contributed by atoms with van der Waals surface area (Å²) in [6, 6.07) is 26.4. The zero-order chi connectivity index (χ0) is 32.2. The Morgan fingerprint density at radius 2 is 1.47 bits per heavy atom. The van der Waals surface area contributed by atoms with Crippen molar-refractivity contribution in [1.29, 1.82) is 0 Å². The van der Waals surface area contributed by atoms with Crippen LogP contribution in [-0.4, -0.2) is 74.8 Å². The van der Waals surface area contributed by atoms with Gasteiger partial charge in [0.25, 0.3) is 0 Å². The van der Waals surface area contributed by atoms with Gasteiger partial charge in [0, 0.05) is 43.1 Å². The number of aromatic nitrogens is 6. The van der Waals surface area contributed by atoms with E-state index in [9.17, 15) is 4.79 Å². The summed E-state index contributed by atoms with van der Waals surface area (Å²) in [5.74, 6) is -0.185. The van der Waals surface area contributed by atoms with Gasteiger partial charge in [0.05, 0.1) is 30.7 Å². The fraction of sp³-hybridized carbons (Fsp3) is 0.371. The first kappa shape index (κ1) is 30.7. The number of piperazine rings is 1. The minimum absolute atomic E-state index is 0.0721. The molecule has 4 heterocycles. The average molecular weight is 637 g/mol. The molecule has 2 fully saturated rings. The molecule has 5 aromatic rings. The molecule has 12 nitrogen and oxygen atoms in total. The van der Waals surface area contributed by atoms with Crippen LogP contribution in [0, 0.1) is 0 Å². The summed E-state index contributed by atoms with van der Waals surface area (Å²) in [4.78, 5) is 19.1. The Morgan fingerprint density at radius 1 is 0.851 bits per heavy atom. The zero-order valence-corrected chi connectivity index (χ0v) is 26.8. The van der Waals surface area contributed by atoms with Gasteiger partial charge >= 0.3 is 5.69 Å². The second-order valence-corrected chi connectivity index (χ2v) is 12.0. The minimum atomic E-state index is -0.973. The van der Waals surface area contributed by atoms with E-state index >= 15 is 0 Å². The molecule has 2 aliphatic heterocycles. The summed E-state index contributed by atoms with van der Waals surface area (Å²) in [5.41, 5.74) is 3.95. The highest BCUT2D eigenvalue weighted by Crippen LogP contribution is 2.36. The van der Waals surface area contributed by atoms with E-state index in [-0.39, 0.29) is 17.8 Å². The van der Waals surface area contributed by atoms with Crippen LogP contribution in [0.25, 0.3) is 5.69 Å². The third kappa shape index (κ3) is 6.51. The Morgan fingerprint density at radius 3 is 2.11 bits per heavy atom. The molecule has 0 aliphatic carbocycles. The summed E-state index contributed by atoms with van der Waals surface area (Å²) in [6.45, 7) is 8.79. The highest BCUT2D eigenvalue weighted by Gasteiger charge is 2.44. The van der Waals surface area contributed by atoms with Gasteiger partial charge in [0.15, 0.2) is 0 Å². The van der Waals surface area contributed by atoms with E-state index in [1.165, 1.54) is 5.69 Å². The van der Waals surface area contributed by atoms with Gasteiger partial charge in [-0.3, -0.25) is 0 Å². The average Bonchev–Trinajstić information content (AvgIpc) is 3.89. The van der Waals surface area contributed by atoms with Gasteiger partial charge in [0.2, 0.25) is 5.79 Å². The molecule has 3 atom stereocenters. The van der Waals surface area contributed by atoms with Crippen molar-refractivity contribution in [2.75, 3.05) is 49.2 Å². The van der Waals surface area contributed by atoms with Gasteiger partial charge in [-0.25, -0.2) is 14.0 Å².